The van der Waals surface area contributed by atoms with Crippen molar-refractivity contribution in [3.8, 4) is 0 Å². The van der Waals surface area contributed by atoms with Crippen LogP contribution in [0.1, 0.15) is 23.2 Å². The van der Waals surface area contributed by atoms with Gasteiger partial charge in [-0.05, 0) is 54.4 Å². The van der Waals surface area contributed by atoms with Crippen molar-refractivity contribution in [2.75, 3.05) is 13.7 Å². The molecule has 0 aliphatic heterocycles. The largest absolute Gasteiger partial charge is 0.380 e. The first kappa shape index (κ1) is 10.0. The minimum atomic E-state index is 0.759. The molecule has 2 aliphatic carbocycles. The molecule has 0 N–H and O–H groups in total. The molecule has 1 aromatic rings. The average molecular weight is 215 g/mol. The number of methoxy groups -OCH3 is 1. The lowest BCUT2D eigenvalue weighted by molar-refractivity contribution is 0.222. The molecule has 1 heterocycles. The van der Waals surface area contributed by atoms with Gasteiger partial charge < -0.3 is 4.74 Å². The SMILES string of the molecule is COCC1=Cc2cc(C)cnc2CC2CC12. The number of ether oxygens (including phenoxy) is 1. The Balaban J connectivity index is 2.02. The summed E-state index contributed by atoms with van der Waals surface area (Å²) in [7, 11) is 1.78. The number of nitrogens with zero attached hydrogens (tertiary/aromatic N) is 1. The van der Waals surface area contributed by atoms with Gasteiger partial charge in [-0.2, -0.15) is 0 Å². The minimum Gasteiger partial charge on any atom is -0.380 e. The van der Waals surface area contributed by atoms with Gasteiger partial charge >= 0.3 is 0 Å². The maximum atomic E-state index is 5.29. The number of fused-ring (bicyclic) bond motifs is 2. The van der Waals surface area contributed by atoms with Crippen molar-refractivity contribution < 1.29 is 4.74 Å². The van der Waals surface area contributed by atoms with Crippen LogP contribution in [0.4, 0.5) is 0 Å². The van der Waals surface area contributed by atoms with E-state index in [-0.39, 0.29) is 0 Å². The highest BCUT2D eigenvalue weighted by atomic mass is 16.5. The van der Waals surface area contributed by atoms with Gasteiger partial charge in [0.1, 0.15) is 0 Å². The Morgan fingerprint density at radius 2 is 2.38 bits per heavy atom. The van der Waals surface area contributed by atoms with Crippen LogP contribution >= 0.6 is 0 Å². The molecule has 0 spiro atoms. The van der Waals surface area contributed by atoms with Gasteiger partial charge in [0, 0.05) is 19.0 Å². The lowest BCUT2D eigenvalue weighted by Gasteiger charge is -2.05. The van der Waals surface area contributed by atoms with E-state index in [1.54, 1.807) is 7.11 Å². The molecular formula is C14H17NO. The van der Waals surface area contributed by atoms with Crippen molar-refractivity contribution in [1.82, 2.24) is 4.98 Å². The molecule has 16 heavy (non-hydrogen) atoms. The fourth-order valence-corrected chi connectivity index (χ4v) is 2.71. The zero-order chi connectivity index (χ0) is 11.1. The van der Waals surface area contributed by atoms with E-state index in [0.29, 0.717) is 0 Å². The second kappa shape index (κ2) is 3.70. The van der Waals surface area contributed by atoms with E-state index in [2.05, 4.69) is 24.1 Å². The highest BCUT2D eigenvalue weighted by Gasteiger charge is 2.41. The monoisotopic (exact) mass is 215 g/mol. The van der Waals surface area contributed by atoms with Crippen LogP contribution in [0.5, 0.6) is 0 Å². The van der Waals surface area contributed by atoms with Gasteiger partial charge in [0.15, 0.2) is 0 Å². The fraction of sp³-hybridized carbons (Fsp3) is 0.500. The van der Waals surface area contributed by atoms with E-state index >= 15 is 0 Å². The molecule has 0 bridgehead atoms. The van der Waals surface area contributed by atoms with E-state index in [0.717, 1.165) is 24.9 Å². The van der Waals surface area contributed by atoms with E-state index in [1.165, 1.54) is 28.8 Å². The molecule has 0 radical (unpaired) electrons. The van der Waals surface area contributed by atoms with Crippen molar-refractivity contribution in [2.45, 2.75) is 19.8 Å². The number of aryl methyl sites for hydroxylation is 1. The van der Waals surface area contributed by atoms with Crippen LogP contribution in [0.3, 0.4) is 0 Å². The summed E-state index contributed by atoms with van der Waals surface area (Å²) in [6.07, 6.45) is 6.75. The van der Waals surface area contributed by atoms with E-state index in [9.17, 15) is 0 Å². The van der Waals surface area contributed by atoms with Crippen LogP contribution in [0.25, 0.3) is 6.08 Å². The average Bonchev–Trinajstić information content (AvgIpc) is 3.00. The zero-order valence-corrected chi connectivity index (χ0v) is 9.86. The lowest BCUT2D eigenvalue weighted by atomic mass is 10.1. The lowest BCUT2D eigenvalue weighted by Crippen LogP contribution is -1.97. The number of rotatable bonds is 2. The summed E-state index contributed by atoms with van der Waals surface area (Å²) in [5.74, 6) is 1.58. The molecule has 0 amide bonds. The Labute approximate surface area is 96.3 Å². The van der Waals surface area contributed by atoms with Crippen LogP contribution in [0.15, 0.2) is 17.8 Å². The summed E-state index contributed by atoms with van der Waals surface area (Å²) in [6, 6.07) is 2.24. The predicted molar refractivity (Wildman–Crippen MR) is 64.1 cm³/mol. The topological polar surface area (TPSA) is 22.1 Å². The number of pyridine rings is 1. The molecule has 1 fully saturated rings. The first-order chi connectivity index (χ1) is 7.78. The molecule has 2 nitrogen and oxygen atoms in total. The normalized spacial score (nSPS) is 26.5. The van der Waals surface area contributed by atoms with Gasteiger partial charge in [-0.1, -0.05) is 6.08 Å². The summed E-state index contributed by atoms with van der Waals surface area (Å²) in [6.45, 7) is 2.87. The third-order valence-corrected chi connectivity index (χ3v) is 3.65. The highest BCUT2D eigenvalue weighted by molar-refractivity contribution is 5.59. The molecule has 84 valence electrons. The Hall–Kier alpha value is -1.15. The van der Waals surface area contributed by atoms with Gasteiger partial charge in [-0.15, -0.1) is 0 Å². The van der Waals surface area contributed by atoms with Crippen LogP contribution in [-0.4, -0.2) is 18.7 Å². The van der Waals surface area contributed by atoms with E-state index in [1.807, 2.05) is 6.20 Å². The van der Waals surface area contributed by atoms with Crippen molar-refractivity contribution in [3.05, 3.63) is 34.7 Å². The Bertz CT molecular complexity index is 450. The molecule has 1 aromatic heterocycles. The molecule has 2 heteroatoms. The van der Waals surface area contributed by atoms with E-state index in [4.69, 9.17) is 4.74 Å². The smallest absolute Gasteiger partial charge is 0.0679 e. The quantitative estimate of drug-likeness (QED) is 0.756. The molecule has 1 saturated carbocycles. The number of hydrogen-bond donors (Lipinski definition) is 0. The van der Waals surface area contributed by atoms with Crippen LogP contribution in [0.2, 0.25) is 0 Å². The van der Waals surface area contributed by atoms with Gasteiger partial charge in [0.05, 0.1) is 6.61 Å². The third-order valence-electron chi connectivity index (χ3n) is 3.65. The molecule has 2 atom stereocenters. The van der Waals surface area contributed by atoms with Gasteiger partial charge in [-0.25, -0.2) is 0 Å². The van der Waals surface area contributed by atoms with Crippen LogP contribution < -0.4 is 0 Å². The third kappa shape index (κ3) is 1.67. The minimum absolute atomic E-state index is 0.759. The second-order valence-corrected chi connectivity index (χ2v) is 5.01. The van der Waals surface area contributed by atoms with Gasteiger partial charge in [0.2, 0.25) is 0 Å². The van der Waals surface area contributed by atoms with Gasteiger partial charge in [0.25, 0.3) is 0 Å². The van der Waals surface area contributed by atoms with Crippen molar-refractivity contribution in [3.63, 3.8) is 0 Å². The summed E-state index contributed by atoms with van der Waals surface area (Å²) >= 11 is 0. The van der Waals surface area contributed by atoms with Crippen LogP contribution in [0, 0.1) is 18.8 Å². The van der Waals surface area contributed by atoms with Crippen LogP contribution in [-0.2, 0) is 11.2 Å². The maximum absolute atomic E-state index is 5.29. The van der Waals surface area contributed by atoms with Crippen molar-refractivity contribution in [2.24, 2.45) is 11.8 Å². The molecule has 2 aliphatic rings. The zero-order valence-electron chi connectivity index (χ0n) is 9.86. The van der Waals surface area contributed by atoms with E-state index < -0.39 is 0 Å². The Morgan fingerprint density at radius 1 is 1.50 bits per heavy atom. The summed E-state index contributed by atoms with van der Waals surface area (Å²) in [4.78, 5) is 4.57. The van der Waals surface area contributed by atoms with Crippen molar-refractivity contribution in [1.29, 1.82) is 0 Å². The first-order valence-electron chi connectivity index (χ1n) is 5.93. The molecule has 3 rings (SSSR count). The highest BCUT2D eigenvalue weighted by Crippen LogP contribution is 2.48. The Kier molecular flexibility index (Phi) is 2.32. The maximum Gasteiger partial charge on any atom is 0.0679 e. The second-order valence-electron chi connectivity index (χ2n) is 5.01. The molecular weight excluding hydrogens is 198 g/mol. The number of aromatic nitrogens is 1. The summed E-state index contributed by atoms with van der Waals surface area (Å²) in [5.41, 5.74) is 5.27. The van der Waals surface area contributed by atoms with Gasteiger partial charge in [-0.3, -0.25) is 4.98 Å². The number of hydrogen-bond acceptors (Lipinski definition) is 2. The summed E-state index contributed by atoms with van der Waals surface area (Å²) in [5, 5.41) is 0. The predicted octanol–water partition coefficient (Wildman–Crippen LogP) is 2.61. The standard InChI is InChI=1S/C14H17NO/c1-9-3-11-4-12(8-16-2)13-5-10(13)6-14(11)15-7-9/h3-4,7,10,13H,5-6,8H2,1-2H3. The van der Waals surface area contributed by atoms with Crippen molar-refractivity contribution >= 4 is 6.08 Å². The molecule has 0 saturated heterocycles. The Morgan fingerprint density at radius 3 is 3.19 bits per heavy atom. The molecule has 2 unspecified atom stereocenters. The first-order valence-corrected chi connectivity index (χ1v) is 5.93. The molecule has 0 aromatic carbocycles. The summed E-state index contributed by atoms with van der Waals surface area (Å²) < 4.78 is 5.29. The fourth-order valence-electron chi connectivity index (χ4n) is 2.71.